The number of benzene rings is 1. The molecule has 1 atom stereocenters. The molecule has 1 unspecified atom stereocenters. The van der Waals surface area contributed by atoms with Crippen molar-refractivity contribution in [1.82, 2.24) is 9.97 Å². The van der Waals surface area contributed by atoms with E-state index in [-0.39, 0.29) is 12.7 Å². The molecule has 120 valence electrons. The fourth-order valence-corrected chi connectivity index (χ4v) is 3.37. The highest BCUT2D eigenvalue weighted by Gasteiger charge is 2.18. The largest absolute Gasteiger partial charge is 0.394 e. The minimum Gasteiger partial charge on any atom is -0.394 e. The number of aliphatic hydroxyl groups is 1. The van der Waals surface area contributed by atoms with Gasteiger partial charge in [0.15, 0.2) is 0 Å². The lowest BCUT2D eigenvalue weighted by molar-refractivity contribution is 0.0340. The van der Waals surface area contributed by atoms with E-state index >= 15 is 0 Å². The van der Waals surface area contributed by atoms with Crippen LogP contribution in [-0.2, 0) is 4.74 Å². The summed E-state index contributed by atoms with van der Waals surface area (Å²) in [7, 11) is 0. The van der Waals surface area contributed by atoms with E-state index in [0.29, 0.717) is 12.5 Å². The highest BCUT2D eigenvalue weighted by atomic mass is 35.5. The van der Waals surface area contributed by atoms with Crippen molar-refractivity contribution in [2.24, 2.45) is 0 Å². The van der Waals surface area contributed by atoms with Gasteiger partial charge >= 0.3 is 0 Å². The summed E-state index contributed by atoms with van der Waals surface area (Å²) in [6.07, 6.45) is -0.182. The molecule has 2 rings (SSSR count). The van der Waals surface area contributed by atoms with Crippen LogP contribution in [0.25, 0.3) is 0 Å². The number of hydrogen-bond donors (Lipinski definition) is 2. The molecular weight excluding hydrogens is 320 g/mol. The second-order valence-electron chi connectivity index (χ2n) is 5.29. The first kappa shape index (κ1) is 17.3. The summed E-state index contributed by atoms with van der Waals surface area (Å²) in [6.45, 7) is 6.46. The lowest BCUT2D eigenvalue weighted by Crippen LogP contribution is -2.06. The molecule has 0 saturated carbocycles. The Morgan fingerprint density at radius 1 is 1.36 bits per heavy atom. The van der Waals surface area contributed by atoms with Crippen LogP contribution in [0.3, 0.4) is 0 Å². The van der Waals surface area contributed by atoms with Crippen LogP contribution in [-0.4, -0.2) is 28.3 Å². The van der Waals surface area contributed by atoms with Crippen molar-refractivity contribution in [1.29, 1.82) is 0 Å². The molecule has 0 radical (unpaired) electrons. The second kappa shape index (κ2) is 8.02. The molecule has 0 aliphatic carbocycles. The van der Waals surface area contributed by atoms with Gasteiger partial charge in [0.05, 0.1) is 18.9 Å². The van der Waals surface area contributed by atoms with Crippen molar-refractivity contribution < 1.29 is 9.84 Å². The number of aliphatic hydroxyl groups excluding tert-OH is 1. The Labute approximate surface area is 140 Å². The molecule has 2 aromatic rings. The highest BCUT2D eigenvalue weighted by Crippen LogP contribution is 2.34. The summed E-state index contributed by atoms with van der Waals surface area (Å²) < 4.78 is 5.52. The Kier molecular flexibility index (Phi) is 6.32. The Morgan fingerprint density at radius 3 is 2.77 bits per heavy atom. The van der Waals surface area contributed by atoms with Crippen molar-refractivity contribution in [3.05, 3.63) is 40.8 Å². The molecule has 1 aromatic heterocycles. The molecule has 1 heterocycles. The van der Waals surface area contributed by atoms with Gasteiger partial charge < -0.3 is 14.8 Å². The third-order valence-electron chi connectivity index (χ3n) is 3.12. The van der Waals surface area contributed by atoms with Crippen molar-refractivity contribution >= 4 is 23.4 Å². The molecule has 0 aliphatic rings. The summed E-state index contributed by atoms with van der Waals surface area (Å²) in [5.41, 5.74) is 1.01. The first-order chi connectivity index (χ1) is 10.5. The van der Waals surface area contributed by atoms with Crippen molar-refractivity contribution in [3.8, 4) is 0 Å². The topological polar surface area (TPSA) is 58.1 Å². The van der Waals surface area contributed by atoms with E-state index in [1.807, 2.05) is 31.2 Å². The number of H-pyrrole nitrogens is 1. The maximum Gasteiger partial charge on any atom is 0.136 e. The number of imidazole rings is 1. The average Bonchev–Trinajstić information content (AvgIpc) is 2.89. The molecule has 0 bridgehead atoms. The zero-order valence-corrected chi connectivity index (χ0v) is 14.5. The predicted molar refractivity (Wildman–Crippen MR) is 89.7 cm³/mol. The Morgan fingerprint density at radius 2 is 2.14 bits per heavy atom. The smallest absolute Gasteiger partial charge is 0.136 e. The van der Waals surface area contributed by atoms with Gasteiger partial charge in [-0.25, -0.2) is 4.98 Å². The van der Waals surface area contributed by atoms with E-state index in [1.54, 1.807) is 11.8 Å². The molecule has 2 N–H and O–H groups in total. The van der Waals surface area contributed by atoms with Crippen LogP contribution in [0.4, 0.5) is 0 Å². The Bertz CT molecular complexity index is 616. The maximum absolute atomic E-state index is 8.86. The van der Waals surface area contributed by atoms with E-state index < -0.39 is 0 Å². The standard InChI is InChI=1S/C16H21ClN2O2S/c1-10(2)14-16(22-13-6-4-5-12(17)9-13)19-15(18-14)11(3)21-8-7-20/h4-6,9-11,20H,7-8H2,1-3H3,(H,18,19). The molecule has 0 aliphatic heterocycles. The Hall–Kier alpha value is -1.01. The lowest BCUT2D eigenvalue weighted by Gasteiger charge is -2.08. The summed E-state index contributed by atoms with van der Waals surface area (Å²) >= 11 is 7.65. The summed E-state index contributed by atoms with van der Waals surface area (Å²) in [5.74, 6) is 1.08. The quantitative estimate of drug-likeness (QED) is 0.784. The third-order valence-corrected chi connectivity index (χ3v) is 4.36. The molecule has 0 spiro atoms. The van der Waals surface area contributed by atoms with Gasteiger partial charge in [-0.15, -0.1) is 0 Å². The van der Waals surface area contributed by atoms with Crippen LogP contribution in [0.1, 0.15) is 44.3 Å². The third kappa shape index (κ3) is 4.49. The van der Waals surface area contributed by atoms with Crippen molar-refractivity contribution in [2.75, 3.05) is 13.2 Å². The number of nitrogens with one attached hydrogen (secondary N) is 1. The Balaban J connectivity index is 2.23. The number of ether oxygens (including phenoxy) is 1. The molecule has 0 fully saturated rings. The number of nitrogens with zero attached hydrogens (tertiary/aromatic N) is 1. The predicted octanol–water partition coefficient (Wildman–Crippen LogP) is 4.41. The molecule has 4 nitrogen and oxygen atoms in total. The van der Waals surface area contributed by atoms with Gasteiger partial charge in [-0.05, 0) is 31.0 Å². The number of aromatic nitrogens is 2. The van der Waals surface area contributed by atoms with Gasteiger partial charge in [0.25, 0.3) is 0 Å². The van der Waals surface area contributed by atoms with Gasteiger partial charge in [0.1, 0.15) is 17.0 Å². The van der Waals surface area contributed by atoms with Gasteiger partial charge in [0, 0.05) is 9.92 Å². The van der Waals surface area contributed by atoms with Gasteiger partial charge in [-0.1, -0.05) is 43.3 Å². The molecule has 22 heavy (non-hydrogen) atoms. The van der Waals surface area contributed by atoms with Crippen molar-refractivity contribution in [3.63, 3.8) is 0 Å². The molecule has 6 heteroatoms. The van der Waals surface area contributed by atoms with Crippen LogP contribution in [0.2, 0.25) is 5.02 Å². The monoisotopic (exact) mass is 340 g/mol. The normalized spacial score (nSPS) is 12.8. The van der Waals surface area contributed by atoms with E-state index in [1.165, 1.54) is 0 Å². The summed E-state index contributed by atoms with van der Waals surface area (Å²) in [6, 6.07) is 7.75. The average molecular weight is 341 g/mol. The number of halogens is 1. The second-order valence-corrected chi connectivity index (χ2v) is 6.81. The maximum atomic E-state index is 8.86. The van der Waals surface area contributed by atoms with Crippen molar-refractivity contribution in [2.45, 2.75) is 42.7 Å². The zero-order valence-electron chi connectivity index (χ0n) is 13.0. The van der Waals surface area contributed by atoms with E-state index in [0.717, 1.165) is 26.5 Å². The lowest BCUT2D eigenvalue weighted by atomic mass is 10.2. The zero-order chi connectivity index (χ0) is 16.1. The molecule has 1 aromatic carbocycles. The molecular formula is C16H21ClN2O2S. The van der Waals surface area contributed by atoms with E-state index in [9.17, 15) is 0 Å². The number of aromatic amines is 1. The minimum atomic E-state index is -0.182. The molecule has 0 amide bonds. The van der Waals surface area contributed by atoms with E-state index in [2.05, 4.69) is 23.8 Å². The molecule has 0 saturated heterocycles. The first-order valence-corrected chi connectivity index (χ1v) is 8.46. The van der Waals surface area contributed by atoms with Gasteiger partial charge in [-0.2, -0.15) is 0 Å². The fraction of sp³-hybridized carbons (Fsp3) is 0.438. The van der Waals surface area contributed by atoms with E-state index in [4.69, 9.17) is 21.4 Å². The van der Waals surface area contributed by atoms with Gasteiger partial charge in [-0.3, -0.25) is 0 Å². The van der Waals surface area contributed by atoms with Crippen LogP contribution in [0, 0.1) is 0 Å². The number of hydrogen-bond acceptors (Lipinski definition) is 4. The number of rotatable bonds is 7. The van der Waals surface area contributed by atoms with Crippen LogP contribution in [0.5, 0.6) is 0 Å². The minimum absolute atomic E-state index is 0.00616. The van der Waals surface area contributed by atoms with Crippen LogP contribution >= 0.6 is 23.4 Å². The highest BCUT2D eigenvalue weighted by molar-refractivity contribution is 7.99. The summed E-state index contributed by atoms with van der Waals surface area (Å²) in [5, 5.41) is 10.6. The SMILES string of the molecule is CC(C)c1nc(C(C)OCCO)[nH]c1Sc1cccc(Cl)c1. The fourth-order valence-electron chi connectivity index (χ4n) is 2.01. The summed E-state index contributed by atoms with van der Waals surface area (Å²) in [4.78, 5) is 9.07. The van der Waals surface area contributed by atoms with Crippen LogP contribution < -0.4 is 0 Å². The van der Waals surface area contributed by atoms with Gasteiger partial charge in [0.2, 0.25) is 0 Å². The first-order valence-electron chi connectivity index (χ1n) is 7.27. The van der Waals surface area contributed by atoms with Crippen LogP contribution in [0.15, 0.2) is 34.2 Å².